The lowest BCUT2D eigenvalue weighted by Gasteiger charge is -2.09. The molecule has 0 aliphatic heterocycles. The van der Waals surface area contributed by atoms with Gasteiger partial charge in [0.15, 0.2) is 6.61 Å². The second kappa shape index (κ2) is 8.30. The number of carbonyl (C=O) groups is 2. The van der Waals surface area contributed by atoms with E-state index in [0.29, 0.717) is 17.9 Å². The van der Waals surface area contributed by atoms with Crippen molar-refractivity contribution >= 4 is 17.5 Å². The summed E-state index contributed by atoms with van der Waals surface area (Å²) in [5.41, 5.74) is 3.16. The van der Waals surface area contributed by atoms with Gasteiger partial charge in [-0.15, -0.1) is 5.10 Å². The third-order valence-corrected chi connectivity index (χ3v) is 4.55. The molecule has 3 rings (SSSR count). The largest absolute Gasteiger partial charge is 0.451 e. The van der Waals surface area contributed by atoms with Crippen LogP contribution in [0.3, 0.4) is 0 Å². The minimum atomic E-state index is -0.757. The molecule has 3 aromatic heterocycles. The molecule has 148 valence electrons. The van der Waals surface area contributed by atoms with E-state index in [1.165, 1.54) is 4.52 Å². The Bertz CT molecular complexity index is 1020. The van der Waals surface area contributed by atoms with E-state index < -0.39 is 5.97 Å². The average Bonchev–Trinajstić information content (AvgIpc) is 3.23. The van der Waals surface area contributed by atoms with Gasteiger partial charge in [0.05, 0.1) is 0 Å². The minimum Gasteiger partial charge on any atom is -0.451 e. The van der Waals surface area contributed by atoms with Crippen molar-refractivity contribution < 1.29 is 19.1 Å². The van der Waals surface area contributed by atoms with Gasteiger partial charge >= 0.3 is 5.97 Å². The van der Waals surface area contributed by atoms with Gasteiger partial charge in [0.25, 0.3) is 11.6 Å². The lowest BCUT2D eigenvalue weighted by atomic mass is 10.1. The summed E-state index contributed by atoms with van der Waals surface area (Å²) in [5.74, 6) is -0.845. The molecule has 28 heavy (non-hydrogen) atoms. The molecule has 0 aliphatic rings. The number of ketones is 1. The normalized spacial score (nSPS) is 11.1. The molecule has 3 aromatic rings. The molecule has 0 radical (unpaired) electrons. The Labute approximate surface area is 162 Å². The van der Waals surface area contributed by atoms with Gasteiger partial charge < -0.3 is 14.0 Å². The van der Waals surface area contributed by atoms with Gasteiger partial charge in [-0.25, -0.2) is 14.3 Å². The first-order valence-electron chi connectivity index (χ1n) is 8.96. The molecule has 0 amide bonds. The summed E-state index contributed by atoms with van der Waals surface area (Å²) in [6, 6.07) is 3.57. The van der Waals surface area contributed by atoms with Gasteiger partial charge in [0.2, 0.25) is 5.78 Å². The molecule has 0 fully saturated rings. The standard InChI is InChI=1S/C19H23N5O4/c1-12-6-7-20-19-21-17(22-24(12)19)18(26)28-11-16(25)15-10-13(2)23(14(15)3)8-5-9-27-4/h6-7,10H,5,8-9,11H2,1-4H3. The van der Waals surface area contributed by atoms with Crippen molar-refractivity contribution in [2.24, 2.45) is 0 Å². The van der Waals surface area contributed by atoms with Crippen LogP contribution >= 0.6 is 0 Å². The quantitative estimate of drug-likeness (QED) is 0.332. The highest BCUT2D eigenvalue weighted by atomic mass is 16.5. The maximum atomic E-state index is 12.5. The van der Waals surface area contributed by atoms with Crippen LogP contribution in [0.15, 0.2) is 18.3 Å². The van der Waals surface area contributed by atoms with Crippen LogP contribution in [0.4, 0.5) is 0 Å². The smallest absolute Gasteiger partial charge is 0.378 e. The van der Waals surface area contributed by atoms with E-state index in [4.69, 9.17) is 9.47 Å². The van der Waals surface area contributed by atoms with E-state index in [9.17, 15) is 9.59 Å². The molecule has 0 saturated heterocycles. The first-order valence-corrected chi connectivity index (χ1v) is 8.96. The van der Waals surface area contributed by atoms with Gasteiger partial charge in [0.1, 0.15) is 0 Å². The molecule has 0 saturated carbocycles. The lowest BCUT2D eigenvalue weighted by Crippen LogP contribution is -2.16. The second-order valence-corrected chi connectivity index (χ2v) is 6.52. The van der Waals surface area contributed by atoms with Crippen LogP contribution in [-0.4, -0.2) is 56.2 Å². The summed E-state index contributed by atoms with van der Waals surface area (Å²) in [7, 11) is 1.66. The summed E-state index contributed by atoms with van der Waals surface area (Å²) >= 11 is 0. The predicted molar refractivity (Wildman–Crippen MR) is 101 cm³/mol. The molecule has 0 aromatic carbocycles. The molecule has 0 atom stereocenters. The van der Waals surface area contributed by atoms with E-state index in [0.717, 1.165) is 30.0 Å². The zero-order valence-corrected chi connectivity index (χ0v) is 16.4. The van der Waals surface area contributed by atoms with Crippen LogP contribution in [0.1, 0.15) is 44.5 Å². The summed E-state index contributed by atoms with van der Waals surface area (Å²) < 4.78 is 13.7. The molecule has 0 unspecified atom stereocenters. The number of methoxy groups -OCH3 is 1. The lowest BCUT2D eigenvalue weighted by molar-refractivity contribution is 0.0462. The third-order valence-electron chi connectivity index (χ3n) is 4.55. The Balaban J connectivity index is 1.67. The molecular weight excluding hydrogens is 362 g/mol. The molecular formula is C19H23N5O4. The first kappa shape index (κ1) is 19.7. The Hall–Kier alpha value is -3.07. The van der Waals surface area contributed by atoms with Gasteiger partial charge in [-0.2, -0.15) is 4.98 Å². The number of hydrogen-bond donors (Lipinski definition) is 0. The molecule has 3 heterocycles. The number of nitrogens with zero attached hydrogens (tertiary/aromatic N) is 5. The highest BCUT2D eigenvalue weighted by Gasteiger charge is 2.20. The van der Waals surface area contributed by atoms with E-state index >= 15 is 0 Å². The second-order valence-electron chi connectivity index (χ2n) is 6.52. The molecule has 0 aliphatic carbocycles. The van der Waals surface area contributed by atoms with Crippen LogP contribution in [0, 0.1) is 20.8 Å². The van der Waals surface area contributed by atoms with Crippen LogP contribution in [0.5, 0.6) is 0 Å². The zero-order valence-electron chi connectivity index (χ0n) is 16.4. The Morgan fingerprint density at radius 2 is 1.96 bits per heavy atom. The number of aryl methyl sites for hydroxylation is 2. The van der Waals surface area contributed by atoms with Gasteiger partial charge in [-0.1, -0.05) is 0 Å². The first-order chi connectivity index (χ1) is 13.4. The monoisotopic (exact) mass is 385 g/mol. The fourth-order valence-electron chi connectivity index (χ4n) is 3.06. The maximum absolute atomic E-state index is 12.5. The maximum Gasteiger partial charge on any atom is 0.378 e. The SMILES string of the molecule is COCCCn1c(C)cc(C(=O)COC(=O)c2nc3nccc(C)n3n2)c1C. The number of esters is 1. The van der Waals surface area contributed by atoms with Crippen molar-refractivity contribution in [2.75, 3.05) is 20.3 Å². The highest BCUT2D eigenvalue weighted by Crippen LogP contribution is 2.17. The van der Waals surface area contributed by atoms with Crippen molar-refractivity contribution in [2.45, 2.75) is 33.7 Å². The molecule has 9 nitrogen and oxygen atoms in total. The number of hydrogen-bond acceptors (Lipinski definition) is 7. The van der Waals surface area contributed by atoms with Gasteiger partial charge in [-0.05, 0) is 39.3 Å². The fourth-order valence-corrected chi connectivity index (χ4v) is 3.06. The summed E-state index contributed by atoms with van der Waals surface area (Å²) in [4.78, 5) is 32.9. The topological polar surface area (TPSA) is 101 Å². The van der Waals surface area contributed by atoms with Crippen LogP contribution < -0.4 is 0 Å². The highest BCUT2D eigenvalue weighted by molar-refractivity contribution is 6.00. The van der Waals surface area contributed by atoms with Crippen molar-refractivity contribution in [3.05, 3.63) is 46.8 Å². The number of rotatable bonds is 8. The fraction of sp³-hybridized carbons (Fsp3) is 0.421. The molecule has 0 bridgehead atoms. The van der Waals surface area contributed by atoms with Gasteiger partial charge in [0, 0.05) is 49.1 Å². The molecule has 0 N–H and O–H groups in total. The number of carbonyl (C=O) groups excluding carboxylic acids is 2. The van der Waals surface area contributed by atoms with E-state index in [1.54, 1.807) is 19.4 Å². The third kappa shape index (κ3) is 3.94. The van der Waals surface area contributed by atoms with E-state index in [1.807, 2.05) is 26.8 Å². The zero-order chi connectivity index (χ0) is 20.3. The summed E-state index contributed by atoms with van der Waals surface area (Å²) in [6.07, 6.45) is 2.43. The van der Waals surface area contributed by atoms with Crippen molar-refractivity contribution in [1.29, 1.82) is 0 Å². The predicted octanol–water partition coefficient (Wildman–Crippen LogP) is 1.93. The Kier molecular flexibility index (Phi) is 5.84. The van der Waals surface area contributed by atoms with Gasteiger partial charge in [-0.3, -0.25) is 4.79 Å². The Morgan fingerprint density at radius 3 is 2.68 bits per heavy atom. The minimum absolute atomic E-state index is 0.125. The van der Waals surface area contributed by atoms with E-state index in [2.05, 4.69) is 19.6 Å². The van der Waals surface area contributed by atoms with Crippen LogP contribution in [0.2, 0.25) is 0 Å². The Morgan fingerprint density at radius 1 is 1.18 bits per heavy atom. The number of fused-ring (bicyclic) bond motifs is 1. The van der Waals surface area contributed by atoms with E-state index in [-0.39, 0.29) is 18.2 Å². The van der Waals surface area contributed by atoms with Crippen molar-refractivity contribution in [1.82, 2.24) is 24.1 Å². The number of aromatic nitrogens is 5. The molecule has 0 spiro atoms. The van der Waals surface area contributed by atoms with Crippen LogP contribution in [-0.2, 0) is 16.0 Å². The van der Waals surface area contributed by atoms with Crippen molar-refractivity contribution in [3.8, 4) is 0 Å². The average molecular weight is 385 g/mol. The number of Topliss-reactive ketones (excluding diaryl/α,β-unsaturated/α-hetero) is 1. The molecule has 9 heteroatoms. The summed E-state index contributed by atoms with van der Waals surface area (Å²) in [5, 5.41) is 4.08. The number of ether oxygens (including phenoxy) is 2. The van der Waals surface area contributed by atoms with Crippen molar-refractivity contribution in [3.63, 3.8) is 0 Å². The van der Waals surface area contributed by atoms with Crippen LogP contribution in [0.25, 0.3) is 5.78 Å². The summed E-state index contributed by atoms with van der Waals surface area (Å²) in [6.45, 7) is 6.69.